The minimum atomic E-state index is 0.582. The molecule has 2 rings (SSSR count). The molecule has 5 heteroatoms. The third-order valence-electron chi connectivity index (χ3n) is 3.39. The van der Waals surface area contributed by atoms with E-state index in [1.54, 1.807) is 14.2 Å². The van der Waals surface area contributed by atoms with Crippen LogP contribution in [0, 0.1) is 0 Å². The molecular formula is C19H22ClN2O2+. The van der Waals surface area contributed by atoms with Crippen LogP contribution in [0.3, 0.4) is 0 Å². The minimum Gasteiger partial charge on any atom is -0.497 e. The zero-order chi connectivity index (χ0) is 17.5. The van der Waals surface area contributed by atoms with Crippen LogP contribution in [0.4, 0.5) is 11.4 Å². The Balaban J connectivity index is 2.46. The lowest BCUT2D eigenvalue weighted by Gasteiger charge is -2.24. The third-order valence-corrected chi connectivity index (χ3v) is 3.68. The van der Waals surface area contributed by atoms with Gasteiger partial charge in [-0.1, -0.05) is 11.6 Å². The summed E-state index contributed by atoms with van der Waals surface area (Å²) in [4.78, 5) is 1.96. The zero-order valence-electron chi connectivity index (χ0n) is 14.4. The first-order valence-corrected chi connectivity index (χ1v) is 7.88. The molecule has 0 aromatic heterocycles. The molecule has 0 spiro atoms. The van der Waals surface area contributed by atoms with Crippen LogP contribution >= 0.6 is 11.6 Å². The number of hydrogen-bond donors (Lipinski definition) is 0. The van der Waals surface area contributed by atoms with E-state index in [0.29, 0.717) is 5.16 Å². The fourth-order valence-corrected chi connectivity index (χ4v) is 2.39. The molecule has 0 aliphatic carbocycles. The number of ether oxygens (including phenoxy) is 2. The first kappa shape index (κ1) is 17.9. The predicted molar refractivity (Wildman–Crippen MR) is 100 cm³/mol. The smallest absolute Gasteiger partial charge is 0.165 e. The minimum absolute atomic E-state index is 0.582. The summed E-state index contributed by atoms with van der Waals surface area (Å²) in [5.41, 5.74) is 1.88. The summed E-state index contributed by atoms with van der Waals surface area (Å²) in [6.07, 6.45) is 3.76. The molecule has 0 amide bonds. The largest absolute Gasteiger partial charge is 0.497 e. The van der Waals surface area contributed by atoms with Crippen LogP contribution in [-0.4, -0.2) is 39.1 Å². The first-order chi connectivity index (χ1) is 11.5. The van der Waals surface area contributed by atoms with E-state index in [1.165, 1.54) is 0 Å². The molecule has 0 atom stereocenters. The highest BCUT2D eigenvalue weighted by Crippen LogP contribution is 2.33. The van der Waals surface area contributed by atoms with Crippen LogP contribution in [-0.2, 0) is 0 Å². The number of nitrogens with zero attached hydrogens (tertiary/aromatic N) is 2. The van der Waals surface area contributed by atoms with Crippen molar-refractivity contribution in [2.75, 3.05) is 33.2 Å². The molecule has 0 fully saturated rings. The van der Waals surface area contributed by atoms with Crippen LogP contribution < -0.4 is 14.4 Å². The van der Waals surface area contributed by atoms with Gasteiger partial charge < -0.3 is 14.4 Å². The number of methoxy groups -OCH3 is 2. The quantitative estimate of drug-likeness (QED) is 0.444. The normalized spacial score (nSPS) is 11.0. The Morgan fingerprint density at radius 2 is 1.29 bits per heavy atom. The topological polar surface area (TPSA) is 24.7 Å². The van der Waals surface area contributed by atoms with Crippen molar-refractivity contribution in [1.29, 1.82) is 0 Å². The number of halogens is 1. The van der Waals surface area contributed by atoms with Crippen LogP contribution in [0.2, 0.25) is 0 Å². The Bertz CT molecular complexity index is 671. The molecule has 0 N–H and O–H groups in total. The molecular weight excluding hydrogens is 324 g/mol. The average molecular weight is 346 g/mol. The highest BCUT2D eigenvalue weighted by molar-refractivity contribution is 6.32. The van der Waals surface area contributed by atoms with Crippen LogP contribution in [0.5, 0.6) is 11.5 Å². The maximum absolute atomic E-state index is 6.57. The van der Waals surface area contributed by atoms with Gasteiger partial charge in [-0.25, -0.2) is 4.58 Å². The van der Waals surface area contributed by atoms with Crippen LogP contribution in [0.25, 0.3) is 0 Å². The van der Waals surface area contributed by atoms with Gasteiger partial charge >= 0.3 is 0 Å². The van der Waals surface area contributed by atoms with Gasteiger partial charge in [-0.15, -0.1) is 0 Å². The molecule has 0 radical (unpaired) electrons. The summed E-state index contributed by atoms with van der Waals surface area (Å²) in [6.45, 7) is 0. The molecule has 4 nitrogen and oxygen atoms in total. The third kappa shape index (κ3) is 4.52. The van der Waals surface area contributed by atoms with Crippen molar-refractivity contribution in [2.45, 2.75) is 0 Å². The molecule has 0 bridgehead atoms. The second-order valence-electron chi connectivity index (χ2n) is 5.33. The molecule has 0 saturated heterocycles. The van der Waals surface area contributed by atoms with Gasteiger partial charge in [0.15, 0.2) is 6.21 Å². The number of anilines is 2. The molecule has 24 heavy (non-hydrogen) atoms. The number of rotatable bonds is 6. The maximum Gasteiger partial charge on any atom is 0.165 e. The van der Waals surface area contributed by atoms with E-state index in [-0.39, 0.29) is 0 Å². The van der Waals surface area contributed by atoms with Crippen molar-refractivity contribution in [3.05, 3.63) is 59.8 Å². The lowest BCUT2D eigenvalue weighted by molar-refractivity contribution is -0.458. The SMILES string of the molecule is COc1ccc(N(/C(Cl)=C/C=[N+](C)C)c2ccc(OC)cc2)cc1. The fourth-order valence-electron chi connectivity index (χ4n) is 2.14. The van der Waals surface area contributed by atoms with Gasteiger partial charge in [0.2, 0.25) is 0 Å². The monoisotopic (exact) mass is 345 g/mol. The van der Waals surface area contributed by atoms with E-state index < -0.39 is 0 Å². The van der Waals surface area contributed by atoms with Crippen molar-refractivity contribution in [2.24, 2.45) is 0 Å². The summed E-state index contributed by atoms with van der Waals surface area (Å²) in [6, 6.07) is 15.5. The molecule has 0 saturated carbocycles. The Kier molecular flexibility index (Phi) is 6.27. The number of allylic oxidation sites excluding steroid dienone is 1. The van der Waals surface area contributed by atoms with Crippen molar-refractivity contribution in [3.8, 4) is 11.5 Å². The molecule has 0 aliphatic rings. The number of hydrogen-bond acceptors (Lipinski definition) is 3. The second kappa shape index (κ2) is 8.41. The molecule has 2 aromatic rings. The summed E-state index contributed by atoms with van der Waals surface area (Å²) in [7, 11) is 7.20. The second-order valence-corrected chi connectivity index (χ2v) is 5.72. The van der Waals surface area contributed by atoms with Gasteiger partial charge in [0.25, 0.3) is 0 Å². The molecule has 0 aliphatic heterocycles. The maximum atomic E-state index is 6.57. The van der Waals surface area contributed by atoms with Gasteiger partial charge in [-0.2, -0.15) is 0 Å². The molecule has 2 aromatic carbocycles. The lowest BCUT2D eigenvalue weighted by Crippen LogP contribution is -2.13. The summed E-state index contributed by atoms with van der Waals surface area (Å²) in [5, 5.41) is 0.582. The predicted octanol–water partition coefficient (Wildman–Crippen LogP) is 4.27. The van der Waals surface area contributed by atoms with E-state index >= 15 is 0 Å². The zero-order valence-corrected chi connectivity index (χ0v) is 15.1. The highest BCUT2D eigenvalue weighted by Gasteiger charge is 2.13. The summed E-state index contributed by atoms with van der Waals surface area (Å²) >= 11 is 6.57. The Labute approximate surface area is 148 Å². The van der Waals surface area contributed by atoms with Gasteiger partial charge in [0.05, 0.1) is 14.2 Å². The number of benzene rings is 2. The van der Waals surface area contributed by atoms with E-state index in [0.717, 1.165) is 22.9 Å². The van der Waals surface area contributed by atoms with E-state index in [4.69, 9.17) is 21.1 Å². The van der Waals surface area contributed by atoms with Gasteiger partial charge in [-0.3, -0.25) is 0 Å². The van der Waals surface area contributed by atoms with Crippen molar-refractivity contribution in [3.63, 3.8) is 0 Å². The van der Waals surface area contributed by atoms with E-state index in [2.05, 4.69) is 0 Å². The van der Waals surface area contributed by atoms with E-state index in [9.17, 15) is 0 Å². The molecule has 0 unspecified atom stereocenters. The van der Waals surface area contributed by atoms with E-state index in [1.807, 2.05) is 84.4 Å². The lowest BCUT2D eigenvalue weighted by atomic mass is 10.2. The molecule has 0 heterocycles. The van der Waals surface area contributed by atoms with Crippen LogP contribution in [0.1, 0.15) is 0 Å². The van der Waals surface area contributed by atoms with Gasteiger partial charge in [0.1, 0.15) is 30.8 Å². The average Bonchev–Trinajstić information content (AvgIpc) is 2.61. The summed E-state index contributed by atoms with van der Waals surface area (Å²) < 4.78 is 12.4. The Morgan fingerprint density at radius 3 is 1.62 bits per heavy atom. The summed E-state index contributed by atoms with van der Waals surface area (Å²) in [5.74, 6) is 1.60. The highest BCUT2D eigenvalue weighted by atomic mass is 35.5. The first-order valence-electron chi connectivity index (χ1n) is 7.50. The van der Waals surface area contributed by atoms with Gasteiger partial charge in [-0.05, 0) is 48.5 Å². The van der Waals surface area contributed by atoms with Crippen molar-refractivity contribution < 1.29 is 14.0 Å². The van der Waals surface area contributed by atoms with Crippen molar-refractivity contribution in [1.82, 2.24) is 0 Å². The fraction of sp³-hybridized carbons (Fsp3) is 0.211. The van der Waals surface area contributed by atoms with Crippen molar-refractivity contribution >= 4 is 29.2 Å². The Morgan fingerprint density at radius 1 is 0.875 bits per heavy atom. The Hall–Kier alpha value is -2.46. The van der Waals surface area contributed by atoms with Crippen LogP contribution in [0.15, 0.2) is 59.8 Å². The molecule has 126 valence electrons. The van der Waals surface area contributed by atoms with Gasteiger partial charge in [0, 0.05) is 17.5 Å². The standard InChI is InChI=1S/C19H22ClN2O2/c1-21(2)14-13-19(20)22(15-5-9-17(23-3)10-6-15)16-7-11-18(24-4)12-8-16/h5-14H,1-4H3/q+1.